The van der Waals surface area contributed by atoms with Gasteiger partial charge in [0.15, 0.2) is 0 Å². The van der Waals surface area contributed by atoms with Crippen molar-refractivity contribution in [1.29, 1.82) is 0 Å². The molecule has 2 aromatic rings. The van der Waals surface area contributed by atoms with Gasteiger partial charge in [0.05, 0.1) is 0 Å². The molecule has 0 unspecified atom stereocenters. The number of allylic oxidation sites excluding steroid dienone is 1. The number of nitrogens with zero attached hydrogens (tertiary/aromatic N) is 2. The molecule has 15 heavy (non-hydrogen) atoms. The van der Waals surface area contributed by atoms with Gasteiger partial charge >= 0.3 is 0 Å². The van der Waals surface area contributed by atoms with Gasteiger partial charge in [0.1, 0.15) is 5.65 Å². The van der Waals surface area contributed by atoms with E-state index in [0.717, 1.165) is 12.1 Å². The number of fused-ring (bicyclic) bond motifs is 1. The Morgan fingerprint density at radius 2 is 2.53 bits per heavy atom. The molecule has 0 amide bonds. The molecule has 0 bridgehead atoms. The number of rotatable bonds is 3. The van der Waals surface area contributed by atoms with Crippen LogP contribution in [0.1, 0.15) is 12.5 Å². The molecule has 0 aromatic carbocycles. The van der Waals surface area contributed by atoms with Crippen LogP contribution in [-0.4, -0.2) is 16.7 Å². The maximum atomic E-state index is 4.24. The van der Waals surface area contributed by atoms with E-state index in [2.05, 4.69) is 27.7 Å². The summed E-state index contributed by atoms with van der Waals surface area (Å²) in [7, 11) is 0. The van der Waals surface area contributed by atoms with E-state index in [1.165, 1.54) is 16.5 Å². The van der Waals surface area contributed by atoms with Gasteiger partial charge in [0.25, 0.3) is 0 Å². The highest BCUT2D eigenvalue weighted by Crippen LogP contribution is 2.18. The van der Waals surface area contributed by atoms with Crippen molar-refractivity contribution in [2.24, 2.45) is 4.99 Å². The highest BCUT2D eigenvalue weighted by molar-refractivity contribution is 5.79. The van der Waals surface area contributed by atoms with Crippen LogP contribution in [0, 0.1) is 0 Å². The number of pyridine rings is 1. The molecule has 0 fully saturated rings. The van der Waals surface area contributed by atoms with Crippen LogP contribution in [0.15, 0.2) is 41.3 Å². The van der Waals surface area contributed by atoms with E-state index in [0.29, 0.717) is 0 Å². The maximum Gasteiger partial charge on any atom is 0.137 e. The molecule has 2 rings (SSSR count). The Kier molecular flexibility index (Phi) is 2.63. The topological polar surface area (TPSA) is 41.0 Å². The average molecular weight is 199 g/mol. The Morgan fingerprint density at radius 1 is 1.67 bits per heavy atom. The second-order valence-corrected chi connectivity index (χ2v) is 3.55. The van der Waals surface area contributed by atoms with Gasteiger partial charge in [-0.05, 0) is 37.8 Å². The van der Waals surface area contributed by atoms with Crippen LogP contribution in [0.2, 0.25) is 0 Å². The van der Waals surface area contributed by atoms with Crippen molar-refractivity contribution in [3.8, 4) is 0 Å². The fraction of sp³-hybridized carbons (Fsp3) is 0.167. The predicted octanol–water partition coefficient (Wildman–Crippen LogP) is 2.71. The van der Waals surface area contributed by atoms with E-state index in [-0.39, 0.29) is 0 Å². The fourth-order valence-corrected chi connectivity index (χ4v) is 1.66. The first-order valence-electron chi connectivity index (χ1n) is 4.83. The smallest absolute Gasteiger partial charge is 0.137 e. The summed E-state index contributed by atoms with van der Waals surface area (Å²) >= 11 is 0. The van der Waals surface area contributed by atoms with Gasteiger partial charge in [-0.1, -0.05) is 5.57 Å². The SMILES string of the molecule is C=N/C=C(\C)Cc1c[nH]c2ncccc12. The summed E-state index contributed by atoms with van der Waals surface area (Å²) in [4.78, 5) is 11.2. The van der Waals surface area contributed by atoms with E-state index in [9.17, 15) is 0 Å². The quantitative estimate of drug-likeness (QED) is 0.758. The van der Waals surface area contributed by atoms with Gasteiger partial charge < -0.3 is 4.98 Å². The van der Waals surface area contributed by atoms with E-state index in [1.54, 1.807) is 12.4 Å². The molecule has 0 spiro atoms. The highest BCUT2D eigenvalue weighted by atomic mass is 14.8. The second kappa shape index (κ2) is 4.09. The number of hydrogen-bond acceptors (Lipinski definition) is 2. The van der Waals surface area contributed by atoms with Crippen molar-refractivity contribution in [2.75, 3.05) is 0 Å². The number of nitrogens with one attached hydrogen (secondary N) is 1. The molecular formula is C12H13N3. The van der Waals surface area contributed by atoms with Crippen LogP contribution in [0.3, 0.4) is 0 Å². The lowest BCUT2D eigenvalue weighted by atomic mass is 10.1. The molecule has 0 aliphatic heterocycles. The van der Waals surface area contributed by atoms with Crippen LogP contribution in [0.25, 0.3) is 11.0 Å². The summed E-state index contributed by atoms with van der Waals surface area (Å²) in [5.74, 6) is 0. The van der Waals surface area contributed by atoms with Crippen LogP contribution in [0.4, 0.5) is 0 Å². The Morgan fingerprint density at radius 3 is 3.33 bits per heavy atom. The summed E-state index contributed by atoms with van der Waals surface area (Å²) < 4.78 is 0. The molecule has 3 heteroatoms. The monoisotopic (exact) mass is 199 g/mol. The second-order valence-electron chi connectivity index (χ2n) is 3.55. The Balaban J connectivity index is 2.36. The zero-order valence-electron chi connectivity index (χ0n) is 8.70. The van der Waals surface area contributed by atoms with Crippen molar-refractivity contribution >= 4 is 17.8 Å². The first-order chi connectivity index (χ1) is 7.31. The first-order valence-corrected chi connectivity index (χ1v) is 4.83. The van der Waals surface area contributed by atoms with Crippen LogP contribution in [0.5, 0.6) is 0 Å². The van der Waals surface area contributed by atoms with E-state index in [4.69, 9.17) is 0 Å². The minimum absolute atomic E-state index is 0.880. The number of aliphatic imine (C=N–C) groups is 1. The van der Waals surface area contributed by atoms with Crippen molar-refractivity contribution in [3.63, 3.8) is 0 Å². The Hall–Kier alpha value is -1.90. The molecule has 2 heterocycles. The van der Waals surface area contributed by atoms with E-state index in [1.807, 2.05) is 19.2 Å². The van der Waals surface area contributed by atoms with Crippen LogP contribution < -0.4 is 0 Å². The number of H-pyrrole nitrogens is 1. The molecule has 0 atom stereocenters. The van der Waals surface area contributed by atoms with Gasteiger partial charge in [0.2, 0.25) is 0 Å². The summed E-state index contributed by atoms with van der Waals surface area (Å²) in [6.45, 7) is 5.49. The Bertz CT molecular complexity index is 508. The summed E-state index contributed by atoms with van der Waals surface area (Å²) in [5.41, 5.74) is 3.37. The predicted molar refractivity (Wildman–Crippen MR) is 63.1 cm³/mol. The van der Waals surface area contributed by atoms with Gasteiger partial charge in [0, 0.05) is 24.0 Å². The third kappa shape index (κ3) is 1.96. The molecule has 0 saturated carbocycles. The molecule has 1 N–H and O–H groups in total. The van der Waals surface area contributed by atoms with E-state index < -0.39 is 0 Å². The van der Waals surface area contributed by atoms with Gasteiger partial charge in [-0.15, -0.1) is 0 Å². The molecule has 2 aromatic heterocycles. The van der Waals surface area contributed by atoms with Crippen molar-refractivity contribution in [2.45, 2.75) is 13.3 Å². The minimum atomic E-state index is 0.880. The standard InChI is InChI=1S/C12H13N3/c1-9(7-13-2)6-10-8-15-12-11(10)4-3-5-14-12/h3-5,7-8H,2,6H2,1H3,(H,14,15)/b9-7+. The average Bonchev–Trinajstić information content (AvgIpc) is 2.62. The van der Waals surface area contributed by atoms with Crippen LogP contribution >= 0.6 is 0 Å². The minimum Gasteiger partial charge on any atom is -0.346 e. The Labute approximate surface area is 88.6 Å². The molecule has 0 aliphatic rings. The zero-order valence-corrected chi connectivity index (χ0v) is 8.70. The van der Waals surface area contributed by atoms with Gasteiger partial charge in [-0.3, -0.25) is 4.99 Å². The van der Waals surface area contributed by atoms with Crippen molar-refractivity contribution < 1.29 is 0 Å². The number of hydrogen-bond donors (Lipinski definition) is 1. The first kappa shape index (κ1) is 9.65. The van der Waals surface area contributed by atoms with Crippen molar-refractivity contribution in [1.82, 2.24) is 9.97 Å². The van der Waals surface area contributed by atoms with E-state index >= 15 is 0 Å². The summed E-state index contributed by atoms with van der Waals surface area (Å²) in [6.07, 6.45) is 6.45. The number of aromatic nitrogens is 2. The van der Waals surface area contributed by atoms with Gasteiger partial charge in [-0.25, -0.2) is 4.98 Å². The lowest BCUT2D eigenvalue weighted by Crippen LogP contribution is -1.84. The van der Waals surface area contributed by atoms with Crippen LogP contribution in [-0.2, 0) is 6.42 Å². The zero-order chi connectivity index (χ0) is 10.7. The third-order valence-electron chi connectivity index (χ3n) is 2.32. The fourth-order valence-electron chi connectivity index (χ4n) is 1.66. The van der Waals surface area contributed by atoms with Crippen molar-refractivity contribution in [3.05, 3.63) is 41.9 Å². The summed E-state index contributed by atoms with van der Waals surface area (Å²) in [5, 5.41) is 1.18. The molecule has 3 nitrogen and oxygen atoms in total. The molecule has 0 aliphatic carbocycles. The maximum absolute atomic E-state index is 4.24. The number of aromatic amines is 1. The molecular weight excluding hydrogens is 186 g/mol. The molecule has 0 saturated heterocycles. The molecule has 76 valence electrons. The lowest BCUT2D eigenvalue weighted by Gasteiger charge is -1.97. The highest BCUT2D eigenvalue weighted by Gasteiger charge is 2.03. The van der Waals surface area contributed by atoms with Gasteiger partial charge in [-0.2, -0.15) is 0 Å². The summed E-state index contributed by atoms with van der Waals surface area (Å²) in [6, 6.07) is 4.02. The molecule has 0 radical (unpaired) electrons. The third-order valence-corrected chi connectivity index (χ3v) is 2.32. The normalized spacial score (nSPS) is 11.9. The lowest BCUT2D eigenvalue weighted by molar-refractivity contribution is 1.14. The largest absolute Gasteiger partial charge is 0.346 e.